The van der Waals surface area contributed by atoms with Crippen LogP contribution in [0.15, 0.2) is 0 Å². The molecule has 0 nitrogen and oxygen atoms in total. The molecular weight excluding hydrogens is 108 g/mol. The van der Waals surface area contributed by atoms with Gasteiger partial charge in [0.1, 0.15) is 0 Å². The van der Waals surface area contributed by atoms with E-state index < -0.39 is 0 Å². The Balaban J connectivity index is 2.25. The number of hydrogen-bond donors (Lipinski definition) is 0. The summed E-state index contributed by atoms with van der Waals surface area (Å²) in [6.07, 6.45) is 7.98. The Morgan fingerprint density at radius 1 is 1.56 bits per heavy atom. The zero-order chi connectivity index (χ0) is 6.85. The van der Waals surface area contributed by atoms with Crippen LogP contribution in [0.3, 0.4) is 0 Å². The molecule has 9 heavy (non-hydrogen) atoms. The van der Waals surface area contributed by atoms with E-state index in [1.807, 2.05) is 0 Å². The van der Waals surface area contributed by atoms with E-state index in [2.05, 4.69) is 19.8 Å². The van der Waals surface area contributed by atoms with Crippen LogP contribution in [-0.2, 0) is 0 Å². The van der Waals surface area contributed by atoms with Crippen molar-refractivity contribution in [3.8, 4) is 12.3 Å². The SMILES string of the molecule is C#CC(C)C1CC(C)C1. The minimum atomic E-state index is 0.515. The van der Waals surface area contributed by atoms with E-state index in [0.29, 0.717) is 5.92 Å². The van der Waals surface area contributed by atoms with Gasteiger partial charge < -0.3 is 0 Å². The van der Waals surface area contributed by atoms with Crippen molar-refractivity contribution >= 4 is 0 Å². The number of rotatable bonds is 1. The molecule has 0 aromatic carbocycles. The first-order valence-electron chi connectivity index (χ1n) is 3.70. The summed E-state index contributed by atoms with van der Waals surface area (Å²) in [6, 6.07) is 0. The van der Waals surface area contributed by atoms with Gasteiger partial charge in [0.2, 0.25) is 0 Å². The first-order valence-corrected chi connectivity index (χ1v) is 3.70. The zero-order valence-corrected chi connectivity index (χ0v) is 6.22. The minimum Gasteiger partial charge on any atom is -0.120 e. The van der Waals surface area contributed by atoms with Crippen molar-refractivity contribution in [3.05, 3.63) is 0 Å². The molecule has 0 aromatic rings. The summed E-state index contributed by atoms with van der Waals surface area (Å²) in [5.41, 5.74) is 0. The molecule has 50 valence electrons. The number of hydrogen-bond acceptors (Lipinski definition) is 0. The molecule has 0 bridgehead atoms. The molecule has 1 saturated carbocycles. The third-order valence-electron chi connectivity index (χ3n) is 2.38. The highest BCUT2D eigenvalue weighted by Crippen LogP contribution is 2.37. The molecule has 1 aliphatic rings. The Labute approximate surface area is 57.7 Å². The Morgan fingerprint density at radius 2 is 2.11 bits per heavy atom. The van der Waals surface area contributed by atoms with Crippen molar-refractivity contribution in [1.29, 1.82) is 0 Å². The molecule has 1 atom stereocenters. The van der Waals surface area contributed by atoms with E-state index >= 15 is 0 Å². The maximum absolute atomic E-state index is 5.28. The van der Waals surface area contributed by atoms with Crippen LogP contribution in [0.1, 0.15) is 26.7 Å². The standard InChI is InChI=1S/C9H14/c1-4-8(3)9-5-7(2)6-9/h1,7-9H,5-6H2,2-3H3. The van der Waals surface area contributed by atoms with E-state index in [-0.39, 0.29) is 0 Å². The van der Waals surface area contributed by atoms with Crippen molar-refractivity contribution in [1.82, 2.24) is 0 Å². The van der Waals surface area contributed by atoms with Crippen LogP contribution < -0.4 is 0 Å². The molecule has 0 saturated heterocycles. The van der Waals surface area contributed by atoms with E-state index in [0.717, 1.165) is 11.8 Å². The molecule has 0 spiro atoms. The van der Waals surface area contributed by atoms with Gasteiger partial charge in [-0.1, -0.05) is 13.8 Å². The second kappa shape index (κ2) is 2.43. The first kappa shape index (κ1) is 6.68. The maximum atomic E-state index is 5.28. The van der Waals surface area contributed by atoms with Crippen LogP contribution in [0.4, 0.5) is 0 Å². The lowest BCUT2D eigenvalue weighted by Gasteiger charge is -2.34. The summed E-state index contributed by atoms with van der Waals surface area (Å²) < 4.78 is 0. The molecule has 0 aliphatic heterocycles. The van der Waals surface area contributed by atoms with E-state index in [4.69, 9.17) is 6.42 Å². The molecule has 1 fully saturated rings. The molecule has 1 rings (SSSR count). The minimum absolute atomic E-state index is 0.515. The maximum Gasteiger partial charge on any atom is 0.0200 e. The van der Waals surface area contributed by atoms with Gasteiger partial charge in [0.05, 0.1) is 0 Å². The molecule has 1 aliphatic carbocycles. The van der Waals surface area contributed by atoms with Gasteiger partial charge in [-0.25, -0.2) is 0 Å². The van der Waals surface area contributed by atoms with Gasteiger partial charge >= 0.3 is 0 Å². The lowest BCUT2D eigenvalue weighted by molar-refractivity contribution is 0.175. The molecular formula is C9H14. The zero-order valence-electron chi connectivity index (χ0n) is 6.22. The average Bonchev–Trinajstić information content (AvgIpc) is 1.79. The predicted octanol–water partition coefficient (Wildman–Crippen LogP) is 2.30. The fourth-order valence-corrected chi connectivity index (χ4v) is 1.51. The normalized spacial score (nSPS) is 36.6. The second-order valence-corrected chi connectivity index (χ2v) is 3.29. The Hall–Kier alpha value is -0.440. The lowest BCUT2D eigenvalue weighted by atomic mass is 9.70. The fourth-order valence-electron chi connectivity index (χ4n) is 1.51. The van der Waals surface area contributed by atoms with Crippen molar-refractivity contribution in [2.75, 3.05) is 0 Å². The van der Waals surface area contributed by atoms with E-state index in [9.17, 15) is 0 Å². The summed E-state index contributed by atoms with van der Waals surface area (Å²) >= 11 is 0. The summed E-state index contributed by atoms with van der Waals surface area (Å²) in [6.45, 7) is 4.44. The molecule has 0 heterocycles. The van der Waals surface area contributed by atoms with Crippen molar-refractivity contribution in [2.24, 2.45) is 17.8 Å². The van der Waals surface area contributed by atoms with Crippen LogP contribution in [-0.4, -0.2) is 0 Å². The van der Waals surface area contributed by atoms with Gasteiger partial charge in [0.25, 0.3) is 0 Å². The highest BCUT2D eigenvalue weighted by molar-refractivity contribution is 4.97. The summed E-state index contributed by atoms with van der Waals surface area (Å²) in [4.78, 5) is 0. The van der Waals surface area contributed by atoms with Crippen LogP contribution in [0, 0.1) is 30.1 Å². The van der Waals surface area contributed by atoms with Crippen LogP contribution in [0.25, 0.3) is 0 Å². The Bertz CT molecular complexity index is 123. The van der Waals surface area contributed by atoms with Gasteiger partial charge in [-0.15, -0.1) is 12.3 Å². The third-order valence-corrected chi connectivity index (χ3v) is 2.38. The summed E-state index contributed by atoms with van der Waals surface area (Å²) in [5.74, 6) is 5.08. The van der Waals surface area contributed by atoms with Gasteiger partial charge in [-0.05, 0) is 24.7 Å². The Kier molecular flexibility index (Phi) is 1.81. The lowest BCUT2D eigenvalue weighted by Crippen LogP contribution is -2.25. The topological polar surface area (TPSA) is 0 Å². The third kappa shape index (κ3) is 1.27. The van der Waals surface area contributed by atoms with E-state index in [1.54, 1.807) is 0 Å². The first-order chi connectivity index (χ1) is 4.24. The van der Waals surface area contributed by atoms with Gasteiger partial charge in [-0.2, -0.15) is 0 Å². The summed E-state index contributed by atoms with van der Waals surface area (Å²) in [7, 11) is 0. The Morgan fingerprint density at radius 3 is 2.44 bits per heavy atom. The largest absolute Gasteiger partial charge is 0.120 e. The summed E-state index contributed by atoms with van der Waals surface area (Å²) in [5, 5.41) is 0. The van der Waals surface area contributed by atoms with Crippen LogP contribution >= 0.6 is 0 Å². The molecule has 0 amide bonds. The van der Waals surface area contributed by atoms with Crippen molar-refractivity contribution in [3.63, 3.8) is 0 Å². The van der Waals surface area contributed by atoms with E-state index in [1.165, 1.54) is 12.8 Å². The highest BCUT2D eigenvalue weighted by atomic mass is 14.3. The highest BCUT2D eigenvalue weighted by Gasteiger charge is 2.28. The van der Waals surface area contributed by atoms with Gasteiger partial charge in [-0.3, -0.25) is 0 Å². The molecule has 0 aromatic heterocycles. The monoisotopic (exact) mass is 122 g/mol. The second-order valence-electron chi connectivity index (χ2n) is 3.29. The molecule has 0 N–H and O–H groups in total. The molecule has 1 unspecified atom stereocenters. The average molecular weight is 122 g/mol. The number of terminal acetylenes is 1. The molecule has 0 radical (unpaired) electrons. The predicted molar refractivity (Wildman–Crippen MR) is 39.9 cm³/mol. The molecule has 0 heteroatoms. The van der Waals surface area contributed by atoms with Gasteiger partial charge in [0.15, 0.2) is 0 Å². The van der Waals surface area contributed by atoms with Crippen LogP contribution in [0.5, 0.6) is 0 Å². The quantitative estimate of drug-likeness (QED) is 0.468. The smallest absolute Gasteiger partial charge is 0.0200 e. The van der Waals surface area contributed by atoms with Crippen LogP contribution in [0.2, 0.25) is 0 Å². The van der Waals surface area contributed by atoms with Gasteiger partial charge in [0, 0.05) is 5.92 Å². The fraction of sp³-hybridized carbons (Fsp3) is 0.778. The van der Waals surface area contributed by atoms with Crippen molar-refractivity contribution in [2.45, 2.75) is 26.7 Å². The van der Waals surface area contributed by atoms with Crippen molar-refractivity contribution < 1.29 is 0 Å².